The molecular formula is C8H20O4Si. The average molecular weight is 208 g/mol. The van der Waals surface area contributed by atoms with E-state index in [9.17, 15) is 5.11 Å². The van der Waals surface area contributed by atoms with Gasteiger partial charge in [-0.05, 0) is 5.04 Å². The van der Waals surface area contributed by atoms with Crippen LogP contribution in [0.1, 0.15) is 20.8 Å². The third kappa shape index (κ3) is 7.15. The second kappa shape index (κ2) is 5.72. The lowest BCUT2D eigenvalue weighted by molar-refractivity contribution is -0.0341. The van der Waals surface area contributed by atoms with Gasteiger partial charge in [0.05, 0.1) is 13.2 Å². The summed E-state index contributed by atoms with van der Waals surface area (Å²) in [6, 6.07) is 0. The highest BCUT2D eigenvalue weighted by atomic mass is 28.2. The lowest BCUT2D eigenvalue weighted by Gasteiger charge is -2.20. The standard InChI is InChI=1S/C8H20O4Si/c1-8(2,3)13-12-5-7(11)6(10)4-9/h6-7,9-11H,4-5,13H2,1-3H3/t6-,7-/m0/s1. The van der Waals surface area contributed by atoms with Gasteiger partial charge >= 0.3 is 0 Å². The van der Waals surface area contributed by atoms with Gasteiger partial charge in [-0.1, -0.05) is 20.8 Å². The predicted molar refractivity (Wildman–Crippen MR) is 53.3 cm³/mol. The molecule has 0 heterocycles. The van der Waals surface area contributed by atoms with Crippen molar-refractivity contribution in [3.63, 3.8) is 0 Å². The maximum atomic E-state index is 9.20. The Kier molecular flexibility index (Phi) is 5.74. The van der Waals surface area contributed by atoms with Crippen LogP contribution in [0.2, 0.25) is 5.04 Å². The summed E-state index contributed by atoms with van der Waals surface area (Å²) in [5.74, 6) is 0. The fourth-order valence-corrected chi connectivity index (χ4v) is 1.69. The molecule has 0 rings (SSSR count). The van der Waals surface area contributed by atoms with Crippen LogP contribution in [0.4, 0.5) is 0 Å². The Hall–Kier alpha value is 0.0569. The van der Waals surface area contributed by atoms with Gasteiger partial charge in [0.1, 0.15) is 12.2 Å². The molecule has 0 aliphatic rings. The van der Waals surface area contributed by atoms with E-state index in [1.54, 1.807) is 0 Å². The van der Waals surface area contributed by atoms with Crippen LogP contribution in [0.5, 0.6) is 0 Å². The Bertz CT molecular complexity index is 135. The summed E-state index contributed by atoms with van der Waals surface area (Å²) in [6.07, 6.45) is -2.06. The van der Waals surface area contributed by atoms with Crippen molar-refractivity contribution >= 4 is 9.76 Å². The van der Waals surface area contributed by atoms with Crippen molar-refractivity contribution in [1.82, 2.24) is 0 Å². The molecular weight excluding hydrogens is 188 g/mol. The molecule has 0 saturated heterocycles. The predicted octanol–water partition coefficient (Wildman–Crippen LogP) is -0.981. The summed E-state index contributed by atoms with van der Waals surface area (Å²) >= 11 is 0. The first-order chi connectivity index (χ1) is 5.87. The highest BCUT2D eigenvalue weighted by Crippen LogP contribution is 2.19. The van der Waals surface area contributed by atoms with Gasteiger partial charge in [0.2, 0.25) is 0 Å². The zero-order valence-corrected chi connectivity index (χ0v) is 9.94. The molecule has 80 valence electrons. The Labute approximate surface area is 81.5 Å². The molecule has 0 aliphatic heterocycles. The topological polar surface area (TPSA) is 69.9 Å². The average Bonchev–Trinajstić information content (AvgIpc) is 2.00. The molecule has 0 saturated carbocycles. The van der Waals surface area contributed by atoms with Crippen LogP contribution in [-0.4, -0.2) is 50.5 Å². The van der Waals surface area contributed by atoms with Crippen LogP contribution in [-0.2, 0) is 4.43 Å². The molecule has 0 spiro atoms. The normalized spacial score (nSPS) is 18.0. The van der Waals surface area contributed by atoms with E-state index >= 15 is 0 Å². The molecule has 0 aromatic rings. The molecule has 0 amide bonds. The zero-order valence-electron chi connectivity index (χ0n) is 8.53. The lowest BCUT2D eigenvalue weighted by Crippen LogP contribution is -2.34. The number of hydrogen-bond acceptors (Lipinski definition) is 4. The van der Waals surface area contributed by atoms with E-state index in [1.807, 2.05) is 0 Å². The van der Waals surface area contributed by atoms with E-state index in [2.05, 4.69) is 20.8 Å². The van der Waals surface area contributed by atoms with E-state index in [1.165, 1.54) is 0 Å². The summed E-state index contributed by atoms with van der Waals surface area (Å²) in [5.41, 5.74) is 0. The highest BCUT2D eigenvalue weighted by Gasteiger charge is 2.17. The van der Waals surface area contributed by atoms with Crippen LogP contribution in [0, 0.1) is 0 Å². The number of rotatable bonds is 5. The van der Waals surface area contributed by atoms with E-state index < -0.39 is 28.6 Å². The molecule has 2 atom stereocenters. The van der Waals surface area contributed by atoms with Crippen molar-refractivity contribution in [3.8, 4) is 0 Å². The van der Waals surface area contributed by atoms with Gasteiger partial charge in [0, 0.05) is 0 Å². The van der Waals surface area contributed by atoms with Crippen molar-refractivity contribution in [2.45, 2.75) is 38.0 Å². The first kappa shape index (κ1) is 13.1. The molecule has 4 nitrogen and oxygen atoms in total. The zero-order chi connectivity index (χ0) is 10.5. The monoisotopic (exact) mass is 208 g/mol. The van der Waals surface area contributed by atoms with Crippen LogP contribution in [0.3, 0.4) is 0 Å². The second-order valence-corrected chi connectivity index (χ2v) is 7.21. The molecule has 0 aliphatic carbocycles. The van der Waals surface area contributed by atoms with Crippen molar-refractivity contribution in [2.24, 2.45) is 0 Å². The first-order valence-electron chi connectivity index (χ1n) is 4.41. The van der Waals surface area contributed by atoms with Gasteiger partial charge in [0.15, 0.2) is 9.76 Å². The third-order valence-corrected chi connectivity index (χ3v) is 2.76. The van der Waals surface area contributed by atoms with Crippen LogP contribution in [0.15, 0.2) is 0 Å². The minimum absolute atomic E-state index is 0.116. The lowest BCUT2D eigenvalue weighted by atomic mass is 10.2. The number of hydrogen-bond donors (Lipinski definition) is 3. The largest absolute Gasteiger partial charge is 0.421 e. The maximum Gasteiger partial charge on any atom is 0.167 e. The smallest absolute Gasteiger partial charge is 0.167 e. The van der Waals surface area contributed by atoms with E-state index in [4.69, 9.17) is 14.6 Å². The van der Waals surface area contributed by atoms with Crippen molar-refractivity contribution in [2.75, 3.05) is 13.2 Å². The van der Waals surface area contributed by atoms with Gasteiger partial charge in [-0.25, -0.2) is 0 Å². The third-order valence-electron chi connectivity index (χ3n) is 1.45. The minimum atomic E-state index is -1.09. The summed E-state index contributed by atoms with van der Waals surface area (Å²) in [6.45, 7) is 5.92. The highest BCUT2D eigenvalue weighted by molar-refractivity contribution is 6.31. The second-order valence-electron chi connectivity index (χ2n) is 4.39. The van der Waals surface area contributed by atoms with Crippen LogP contribution in [0.25, 0.3) is 0 Å². The maximum absolute atomic E-state index is 9.20. The fourth-order valence-electron chi connectivity index (χ4n) is 0.719. The summed E-state index contributed by atoms with van der Waals surface area (Å²) < 4.78 is 5.30. The Morgan fingerprint density at radius 2 is 1.77 bits per heavy atom. The van der Waals surface area contributed by atoms with Crippen molar-refractivity contribution < 1.29 is 19.7 Å². The molecule has 3 N–H and O–H groups in total. The molecule has 0 aromatic carbocycles. The van der Waals surface area contributed by atoms with Gasteiger partial charge < -0.3 is 19.7 Å². The van der Waals surface area contributed by atoms with Gasteiger partial charge in [-0.2, -0.15) is 0 Å². The fraction of sp³-hybridized carbons (Fsp3) is 1.00. The SMILES string of the molecule is CC(C)(C)[SiH2]OC[C@H](O)[C@@H](O)CO. The Morgan fingerprint density at radius 1 is 1.23 bits per heavy atom. The van der Waals surface area contributed by atoms with E-state index in [0.29, 0.717) is 0 Å². The summed E-state index contributed by atoms with van der Waals surface area (Å²) in [5, 5.41) is 26.9. The van der Waals surface area contributed by atoms with Crippen LogP contribution < -0.4 is 0 Å². The van der Waals surface area contributed by atoms with Crippen molar-refractivity contribution in [3.05, 3.63) is 0 Å². The summed E-state index contributed by atoms with van der Waals surface area (Å²) in [4.78, 5) is 0. The van der Waals surface area contributed by atoms with Gasteiger partial charge in [0.25, 0.3) is 0 Å². The molecule has 0 bridgehead atoms. The quantitative estimate of drug-likeness (QED) is 0.508. The number of aliphatic hydroxyl groups excluding tert-OH is 3. The van der Waals surface area contributed by atoms with Crippen molar-refractivity contribution in [1.29, 1.82) is 0 Å². The van der Waals surface area contributed by atoms with Crippen LogP contribution >= 0.6 is 0 Å². The molecule has 0 radical (unpaired) electrons. The van der Waals surface area contributed by atoms with Gasteiger partial charge in [-0.3, -0.25) is 0 Å². The van der Waals surface area contributed by atoms with Gasteiger partial charge in [-0.15, -0.1) is 0 Å². The Morgan fingerprint density at radius 3 is 2.15 bits per heavy atom. The summed E-state index contributed by atoms with van der Waals surface area (Å²) in [7, 11) is -0.686. The number of aliphatic hydroxyl groups is 3. The van der Waals surface area contributed by atoms with E-state index in [0.717, 1.165) is 0 Å². The molecule has 5 heteroatoms. The molecule has 0 fully saturated rings. The molecule has 13 heavy (non-hydrogen) atoms. The minimum Gasteiger partial charge on any atom is -0.421 e. The van der Waals surface area contributed by atoms with E-state index in [-0.39, 0.29) is 11.6 Å². The molecule has 0 aromatic heterocycles. The molecule has 0 unspecified atom stereocenters. The Balaban J connectivity index is 3.53. The first-order valence-corrected chi connectivity index (χ1v) is 5.70.